The zero-order valence-corrected chi connectivity index (χ0v) is 54.0. The molecular weight excluding hydrogens is 1290 g/mol. The van der Waals surface area contributed by atoms with Gasteiger partial charge in [0.25, 0.3) is 5.91 Å². The van der Waals surface area contributed by atoms with Crippen LogP contribution in [0.4, 0.5) is 0 Å². The average Bonchev–Trinajstić information content (AvgIpc) is 1.72. The normalized spacial score (nSPS) is 14.0. The summed E-state index contributed by atoms with van der Waals surface area (Å²) in [7, 11) is 7.07. The fourth-order valence-electron chi connectivity index (χ4n) is 9.68. The largest absolute Gasteiger partial charge is 0.506 e. The maximum absolute atomic E-state index is 13.2. The van der Waals surface area contributed by atoms with Crippen LogP contribution in [-0.2, 0) is 46.9 Å². The van der Waals surface area contributed by atoms with Crippen LogP contribution in [0.3, 0.4) is 0 Å². The SMILES string of the molecule is CC(C)C(=O)Oc1ccc(-c2cnn(C)c2)nc1-c1ccc(Br)cc1.COc1ccc2c(c1)C(=O)N(C[C@@]1(C#Cc3ccc(-c4nc(-c5cnn(C)c5)ccc4OC(=O)C(C)C)cc3)CC(=O)NC1=O)C2.Cn1cc(-c2ccc(O)c(-c3ccc(Br)cc3)n2)cn1. The lowest BCUT2D eigenvalue weighted by Crippen LogP contribution is -2.42. The summed E-state index contributed by atoms with van der Waals surface area (Å²) in [5.74, 6) is 5.15. The maximum atomic E-state index is 13.2. The number of methoxy groups -OCH3 is 1. The number of fused-ring (bicyclic) bond motifs is 1. The van der Waals surface area contributed by atoms with E-state index >= 15 is 0 Å². The minimum Gasteiger partial charge on any atom is -0.506 e. The Kier molecular flexibility index (Phi) is 19.3. The number of aryl methyl sites for hydroxylation is 3. The first-order chi connectivity index (χ1) is 43.6. The number of pyridine rings is 3. The molecule has 1 fully saturated rings. The molecule has 12 rings (SSSR count). The number of aromatic hydroxyl groups is 1. The first-order valence-electron chi connectivity index (χ1n) is 28.7. The molecule has 0 saturated carbocycles. The molecule has 2 N–H and O–H groups in total. The molecule has 460 valence electrons. The molecule has 2 aliphatic heterocycles. The smallest absolute Gasteiger partial charge is 0.313 e. The Morgan fingerprint density at radius 1 is 0.604 bits per heavy atom. The number of nitrogens with one attached hydrogen (secondary N) is 1. The van der Waals surface area contributed by atoms with Gasteiger partial charge >= 0.3 is 11.9 Å². The third-order valence-electron chi connectivity index (χ3n) is 14.6. The van der Waals surface area contributed by atoms with Crippen LogP contribution in [0.25, 0.3) is 67.5 Å². The van der Waals surface area contributed by atoms with E-state index in [1.54, 1.807) is 132 Å². The Morgan fingerprint density at radius 2 is 1.05 bits per heavy atom. The molecule has 22 heteroatoms. The minimum absolute atomic E-state index is 0.0406. The Morgan fingerprint density at radius 3 is 1.48 bits per heavy atom. The van der Waals surface area contributed by atoms with E-state index in [2.05, 4.69) is 69.3 Å². The molecule has 20 nitrogen and oxygen atoms in total. The minimum atomic E-state index is -1.41. The number of carbonyl (C=O) groups excluding carboxylic acids is 5. The van der Waals surface area contributed by atoms with Crippen molar-refractivity contribution in [3.8, 4) is 102 Å². The topological polar surface area (TPSA) is 241 Å². The van der Waals surface area contributed by atoms with Gasteiger partial charge in [0.05, 0.1) is 61.0 Å². The lowest BCUT2D eigenvalue weighted by molar-refractivity contribution is -0.138. The molecular formula is C69H61Br2N11O9. The summed E-state index contributed by atoms with van der Waals surface area (Å²) in [6.45, 7) is 7.38. The molecule has 6 aromatic heterocycles. The summed E-state index contributed by atoms with van der Waals surface area (Å²) in [5, 5.41) is 24.9. The van der Waals surface area contributed by atoms with Gasteiger partial charge in [-0.05, 0) is 90.5 Å². The Labute approximate surface area is 541 Å². The lowest BCUT2D eigenvalue weighted by atomic mass is 9.85. The summed E-state index contributed by atoms with van der Waals surface area (Å²) >= 11 is 6.83. The number of nitrogens with zero attached hydrogens (tertiary/aromatic N) is 10. The van der Waals surface area contributed by atoms with Gasteiger partial charge in [-0.3, -0.25) is 43.3 Å². The van der Waals surface area contributed by atoms with Crippen molar-refractivity contribution in [1.82, 2.24) is 54.5 Å². The van der Waals surface area contributed by atoms with E-state index in [1.807, 2.05) is 100 Å². The summed E-state index contributed by atoms with van der Waals surface area (Å²) in [6.07, 6.45) is 10.7. The number of benzene rings is 4. The molecule has 0 spiro atoms. The van der Waals surface area contributed by atoms with Crippen molar-refractivity contribution < 1.29 is 43.3 Å². The van der Waals surface area contributed by atoms with Crippen LogP contribution >= 0.6 is 31.9 Å². The first-order valence-corrected chi connectivity index (χ1v) is 30.3. The summed E-state index contributed by atoms with van der Waals surface area (Å²) in [5.41, 5.74) is 9.44. The van der Waals surface area contributed by atoms with E-state index in [0.29, 0.717) is 63.3 Å². The van der Waals surface area contributed by atoms with Gasteiger partial charge in [-0.1, -0.05) is 114 Å². The molecule has 1 atom stereocenters. The third kappa shape index (κ3) is 15.0. The highest BCUT2D eigenvalue weighted by Crippen LogP contribution is 2.37. The van der Waals surface area contributed by atoms with Crippen molar-refractivity contribution in [2.24, 2.45) is 38.4 Å². The molecule has 3 amide bonds. The van der Waals surface area contributed by atoms with Gasteiger partial charge in [0, 0.05) is 106 Å². The second kappa shape index (κ2) is 27.6. The van der Waals surface area contributed by atoms with E-state index in [1.165, 1.54) is 7.11 Å². The van der Waals surface area contributed by atoms with Crippen molar-refractivity contribution >= 4 is 61.5 Å². The highest BCUT2D eigenvalue weighted by molar-refractivity contribution is 9.10. The number of ether oxygens (including phenoxy) is 3. The molecule has 0 bridgehead atoms. The second-order valence-electron chi connectivity index (χ2n) is 22.2. The number of imide groups is 1. The van der Waals surface area contributed by atoms with Crippen molar-refractivity contribution in [3.05, 3.63) is 190 Å². The van der Waals surface area contributed by atoms with E-state index in [0.717, 1.165) is 53.7 Å². The number of halogens is 2. The van der Waals surface area contributed by atoms with Crippen molar-refractivity contribution in [2.45, 2.75) is 40.7 Å². The standard InChI is InChI=1S/C35H31N5O6.C19H18BrN3O2.C15H12BrN3O/c1-21(2)33(43)46-29-12-11-28(25-17-36-39(3)18-25)37-31(29)23-7-5-22(6-8-23)13-14-35(16-30(41)38-34(35)44)20-40-19-24-9-10-26(45-4)15-27(24)32(40)42;1-12(2)19(24)25-17-9-8-16(14-10-21-23(3)11-14)22-18(17)13-4-6-15(20)7-5-13;1-19-9-11(8-17-19)13-6-7-14(20)15(18-13)10-2-4-12(16)5-3-10/h5-12,15,17-18,21H,16,19-20H2,1-4H3,(H,38,41,44);4-12H,1-3H3;2-9,20H,1H3/t35-;;/m1../s1. The monoisotopic (exact) mass is 1350 g/mol. The predicted molar refractivity (Wildman–Crippen MR) is 348 cm³/mol. The zero-order valence-electron chi connectivity index (χ0n) is 50.8. The van der Waals surface area contributed by atoms with Gasteiger partial charge in [0.1, 0.15) is 34.0 Å². The molecule has 91 heavy (non-hydrogen) atoms. The van der Waals surface area contributed by atoms with Gasteiger partial charge in [-0.25, -0.2) is 15.0 Å². The third-order valence-corrected chi connectivity index (χ3v) is 15.7. The quantitative estimate of drug-likeness (QED) is 0.0620. The van der Waals surface area contributed by atoms with Gasteiger partial charge < -0.3 is 24.2 Å². The van der Waals surface area contributed by atoms with Crippen LogP contribution in [-0.4, -0.2) is 97.6 Å². The Balaban J connectivity index is 0.000000168. The average molecular weight is 1350 g/mol. The summed E-state index contributed by atoms with van der Waals surface area (Å²) in [6, 6.07) is 38.4. The zero-order chi connectivity index (χ0) is 64.7. The highest BCUT2D eigenvalue weighted by Gasteiger charge is 2.48. The van der Waals surface area contributed by atoms with Gasteiger partial charge in [0.2, 0.25) is 11.8 Å². The number of carbonyl (C=O) groups is 5. The van der Waals surface area contributed by atoms with Crippen molar-refractivity contribution in [1.29, 1.82) is 0 Å². The van der Waals surface area contributed by atoms with E-state index in [4.69, 9.17) is 24.2 Å². The van der Waals surface area contributed by atoms with Crippen LogP contribution < -0.4 is 19.5 Å². The van der Waals surface area contributed by atoms with E-state index < -0.39 is 17.2 Å². The fraction of sp³-hybridized carbons (Fsp3) is 0.203. The number of aromatic nitrogens is 9. The van der Waals surface area contributed by atoms with E-state index in [-0.39, 0.29) is 48.4 Å². The van der Waals surface area contributed by atoms with Crippen LogP contribution in [0.1, 0.15) is 55.6 Å². The first kappa shape index (κ1) is 63.6. The Bertz CT molecular complexity index is 4450. The summed E-state index contributed by atoms with van der Waals surface area (Å²) in [4.78, 5) is 78.8. The molecule has 4 aromatic carbocycles. The highest BCUT2D eigenvalue weighted by atomic mass is 79.9. The van der Waals surface area contributed by atoms with Crippen molar-refractivity contribution in [2.75, 3.05) is 13.7 Å². The van der Waals surface area contributed by atoms with Gasteiger partial charge in [0.15, 0.2) is 11.5 Å². The van der Waals surface area contributed by atoms with Crippen LogP contribution in [0.15, 0.2) is 174 Å². The van der Waals surface area contributed by atoms with Crippen LogP contribution in [0, 0.1) is 29.1 Å². The molecule has 1 saturated heterocycles. The number of esters is 2. The molecule has 2 aliphatic rings. The lowest BCUT2D eigenvalue weighted by Gasteiger charge is -2.25. The molecule has 0 unspecified atom stereocenters. The van der Waals surface area contributed by atoms with Gasteiger partial charge in [-0.15, -0.1) is 0 Å². The number of amides is 3. The van der Waals surface area contributed by atoms with Crippen LogP contribution in [0.5, 0.6) is 23.0 Å². The molecule has 0 aliphatic carbocycles. The molecule has 0 radical (unpaired) electrons. The molecule has 10 aromatic rings. The maximum Gasteiger partial charge on any atom is 0.313 e. The number of hydrogen-bond donors (Lipinski definition) is 2. The Hall–Kier alpha value is -10.4. The van der Waals surface area contributed by atoms with Crippen molar-refractivity contribution in [3.63, 3.8) is 0 Å². The van der Waals surface area contributed by atoms with Gasteiger partial charge in [-0.2, -0.15) is 15.3 Å². The fourth-order valence-corrected chi connectivity index (χ4v) is 10.2. The molecule has 8 heterocycles. The van der Waals surface area contributed by atoms with Crippen LogP contribution in [0.2, 0.25) is 0 Å². The number of hydrogen-bond acceptors (Lipinski definition) is 15. The number of rotatable bonds is 13. The predicted octanol–water partition coefficient (Wildman–Crippen LogP) is 11.8. The summed E-state index contributed by atoms with van der Waals surface area (Å²) < 4.78 is 23.6. The van der Waals surface area contributed by atoms with E-state index in [9.17, 15) is 29.1 Å². The second-order valence-corrected chi connectivity index (χ2v) is 24.0.